The molecule has 0 atom stereocenters. The van der Waals surface area contributed by atoms with Crippen LogP contribution in [0.25, 0.3) is 0 Å². The zero-order chi connectivity index (χ0) is 51.8. The Kier molecular flexibility index (Phi) is 18.3. The van der Waals surface area contributed by atoms with Crippen LogP contribution in [-0.4, -0.2) is 78.7 Å². The summed E-state index contributed by atoms with van der Waals surface area (Å²) in [4.78, 5) is 14.4. The zero-order valence-electron chi connectivity index (χ0n) is 44.5. The second kappa shape index (κ2) is 22.5. The Morgan fingerprint density at radius 2 is 0.652 bits per heavy atom. The normalized spacial score (nSPS) is 12.8. The van der Waals surface area contributed by atoms with Gasteiger partial charge in [-0.05, 0) is 128 Å². The van der Waals surface area contributed by atoms with E-state index in [0.717, 1.165) is 16.7 Å². The predicted octanol–water partition coefficient (Wildman–Crippen LogP) is 13.6. The summed E-state index contributed by atoms with van der Waals surface area (Å²) in [5.74, 6) is 17.9. The van der Waals surface area contributed by atoms with Crippen LogP contribution in [0.1, 0.15) is 112 Å². The predicted molar refractivity (Wildman–Crippen MR) is 297 cm³/mol. The van der Waals surface area contributed by atoms with Crippen molar-refractivity contribution >= 4 is 60.7 Å². The minimum absolute atomic E-state index is 0.0604. The third-order valence-corrected chi connectivity index (χ3v) is 13.5. The van der Waals surface area contributed by atoms with E-state index in [-0.39, 0.29) is 52.8 Å². The van der Waals surface area contributed by atoms with Gasteiger partial charge in [0.2, 0.25) is 0 Å². The van der Waals surface area contributed by atoms with Gasteiger partial charge in [-0.1, -0.05) is 116 Å². The molecule has 12 heteroatoms. The van der Waals surface area contributed by atoms with Gasteiger partial charge in [0.05, 0.1) is 70.3 Å². The SMILES string of the molecule is CC(C)(C)c1ccc(N=Cc2c(O)c(C=Nc3ccc(C(C)(C)C)cc3C#CCO[Si](C)(C)C)c(O)c(C=Nc3ccc(C(C)(C)C)cc3C#CCO[Si](C)(C)C)c2O)c(C#CCO[Si](C)(C)C)c1. The molecule has 0 bridgehead atoms. The Hall–Kier alpha value is -5.50. The van der Waals surface area contributed by atoms with Crippen molar-refractivity contribution in [3.63, 3.8) is 0 Å². The average Bonchev–Trinajstić information content (AvgIpc) is 3.21. The molecule has 4 aromatic rings. The molecule has 0 aliphatic carbocycles. The van der Waals surface area contributed by atoms with E-state index in [0.29, 0.717) is 33.8 Å². The molecular formula is C57H75N3O6Si3. The lowest BCUT2D eigenvalue weighted by Gasteiger charge is -2.20. The molecule has 0 spiro atoms. The Balaban J connectivity index is 1.99. The van der Waals surface area contributed by atoms with Gasteiger partial charge in [-0.2, -0.15) is 0 Å². The Morgan fingerprint density at radius 3 is 0.855 bits per heavy atom. The molecule has 0 amide bonds. The van der Waals surface area contributed by atoms with Gasteiger partial charge < -0.3 is 28.6 Å². The van der Waals surface area contributed by atoms with Gasteiger partial charge in [0.1, 0.15) is 17.2 Å². The van der Waals surface area contributed by atoms with Gasteiger partial charge in [-0.3, -0.25) is 15.0 Å². The summed E-state index contributed by atoms with van der Waals surface area (Å²) >= 11 is 0. The van der Waals surface area contributed by atoms with E-state index in [1.165, 1.54) is 18.6 Å². The summed E-state index contributed by atoms with van der Waals surface area (Å²) < 4.78 is 18.0. The first kappa shape index (κ1) is 56.1. The van der Waals surface area contributed by atoms with Gasteiger partial charge in [0.15, 0.2) is 25.0 Å². The lowest BCUT2D eigenvalue weighted by atomic mass is 9.86. The first-order valence-corrected chi connectivity index (χ1v) is 33.7. The molecule has 0 fully saturated rings. The van der Waals surface area contributed by atoms with Crippen LogP contribution in [0.2, 0.25) is 58.9 Å². The van der Waals surface area contributed by atoms with Crippen LogP contribution < -0.4 is 0 Å². The molecule has 0 heterocycles. The van der Waals surface area contributed by atoms with Crippen molar-refractivity contribution in [2.24, 2.45) is 15.0 Å². The van der Waals surface area contributed by atoms with Crippen molar-refractivity contribution in [2.45, 2.75) is 137 Å². The quantitative estimate of drug-likeness (QED) is 0.0737. The van der Waals surface area contributed by atoms with Crippen LogP contribution in [0.4, 0.5) is 17.1 Å². The molecule has 69 heavy (non-hydrogen) atoms. The van der Waals surface area contributed by atoms with E-state index in [2.05, 4.69) is 157 Å². The number of rotatable bonds is 12. The second-order valence-corrected chi connectivity index (χ2v) is 36.7. The van der Waals surface area contributed by atoms with Gasteiger partial charge in [0.25, 0.3) is 0 Å². The summed E-state index contributed by atoms with van der Waals surface area (Å²) in [7, 11) is -5.40. The molecule has 0 aliphatic rings. The van der Waals surface area contributed by atoms with Crippen LogP contribution in [0, 0.1) is 35.5 Å². The van der Waals surface area contributed by atoms with Crippen molar-refractivity contribution in [2.75, 3.05) is 19.8 Å². The standard InChI is InChI=1S/C57H75N3O6Si3/c1-55(2,3)43-25-28-49(40(34-43)22-19-31-64-67(10,11)12)58-37-46-52(61)47(38-59-50-29-26-44(56(4,5)6)35-41(50)23-20-32-65-68(13,14)15)54(63)48(53(46)62)39-60-51-30-27-45(57(7,8)9)36-42(51)24-21-33-66-69(16,17)18/h25-30,34-39,61-63H,31-33H2,1-18H3. The van der Waals surface area contributed by atoms with Crippen molar-refractivity contribution in [3.8, 4) is 52.8 Å². The average molecular weight is 982 g/mol. The number of aromatic hydroxyl groups is 3. The monoisotopic (exact) mass is 981 g/mol. The molecule has 0 radical (unpaired) electrons. The molecule has 0 saturated carbocycles. The number of aliphatic imine (C=N–C) groups is 3. The lowest BCUT2D eigenvalue weighted by molar-refractivity contribution is 0.364. The molecule has 3 N–H and O–H groups in total. The van der Waals surface area contributed by atoms with E-state index in [4.69, 9.17) is 28.3 Å². The van der Waals surface area contributed by atoms with Crippen molar-refractivity contribution < 1.29 is 28.6 Å². The molecule has 366 valence electrons. The highest BCUT2D eigenvalue weighted by atomic mass is 28.4. The number of benzene rings is 4. The highest BCUT2D eigenvalue weighted by molar-refractivity contribution is 6.70. The van der Waals surface area contributed by atoms with E-state index >= 15 is 0 Å². The van der Waals surface area contributed by atoms with Gasteiger partial charge in [0, 0.05) is 18.6 Å². The number of nitrogens with zero attached hydrogens (tertiary/aromatic N) is 3. The van der Waals surface area contributed by atoms with E-state index in [9.17, 15) is 15.3 Å². The van der Waals surface area contributed by atoms with Crippen molar-refractivity contribution in [1.29, 1.82) is 0 Å². The van der Waals surface area contributed by atoms with E-state index in [1.807, 2.05) is 54.6 Å². The van der Waals surface area contributed by atoms with Crippen LogP contribution >= 0.6 is 0 Å². The maximum Gasteiger partial charge on any atom is 0.185 e. The fraction of sp³-hybridized carbons (Fsp3) is 0.421. The Morgan fingerprint density at radius 1 is 0.420 bits per heavy atom. The van der Waals surface area contributed by atoms with Gasteiger partial charge >= 0.3 is 0 Å². The third-order valence-electron chi connectivity index (χ3n) is 10.5. The Labute approximate surface area is 417 Å². The maximum atomic E-state index is 12.0. The first-order chi connectivity index (χ1) is 31.7. The minimum Gasteiger partial charge on any atom is -0.506 e. The number of phenols is 3. The smallest absolute Gasteiger partial charge is 0.185 e. The highest BCUT2D eigenvalue weighted by Crippen LogP contribution is 2.41. The molecule has 0 saturated heterocycles. The Bertz CT molecular complexity index is 2460. The van der Waals surface area contributed by atoms with Gasteiger partial charge in [-0.25, -0.2) is 0 Å². The number of hydrogen-bond acceptors (Lipinski definition) is 9. The fourth-order valence-corrected chi connectivity index (χ4v) is 7.85. The topological polar surface area (TPSA) is 125 Å². The highest BCUT2D eigenvalue weighted by Gasteiger charge is 2.24. The molecule has 0 aromatic heterocycles. The summed E-state index contributed by atoms with van der Waals surface area (Å²) in [5, 5.41) is 36.1. The van der Waals surface area contributed by atoms with Crippen LogP contribution in [0.3, 0.4) is 0 Å². The maximum absolute atomic E-state index is 12.0. The van der Waals surface area contributed by atoms with Crippen molar-refractivity contribution in [1.82, 2.24) is 0 Å². The van der Waals surface area contributed by atoms with Crippen LogP contribution in [0.15, 0.2) is 69.6 Å². The number of phenolic OH excluding ortho intramolecular Hbond substituents is 3. The molecular weight excluding hydrogens is 907 g/mol. The zero-order valence-corrected chi connectivity index (χ0v) is 47.5. The fourth-order valence-electron chi connectivity index (χ4n) is 6.34. The van der Waals surface area contributed by atoms with Gasteiger partial charge in [-0.15, -0.1) is 0 Å². The lowest BCUT2D eigenvalue weighted by Crippen LogP contribution is -2.25. The van der Waals surface area contributed by atoms with E-state index < -0.39 is 42.2 Å². The molecule has 9 nitrogen and oxygen atoms in total. The summed E-state index contributed by atoms with van der Waals surface area (Å²) in [5.41, 5.74) is 6.04. The third kappa shape index (κ3) is 17.4. The number of hydrogen-bond donors (Lipinski definition) is 3. The molecule has 4 aromatic carbocycles. The van der Waals surface area contributed by atoms with Crippen LogP contribution in [0.5, 0.6) is 17.2 Å². The summed E-state index contributed by atoms with van der Waals surface area (Å²) in [6.45, 7) is 39.0. The summed E-state index contributed by atoms with van der Waals surface area (Å²) in [6, 6.07) is 17.6. The van der Waals surface area contributed by atoms with Crippen LogP contribution in [-0.2, 0) is 29.5 Å². The second-order valence-electron chi connectivity index (χ2n) is 23.1. The molecule has 0 aliphatic heterocycles. The minimum atomic E-state index is -1.80. The summed E-state index contributed by atoms with van der Waals surface area (Å²) in [6.07, 6.45) is 4.11. The molecule has 0 unspecified atom stereocenters. The first-order valence-electron chi connectivity index (χ1n) is 23.5. The van der Waals surface area contributed by atoms with E-state index in [1.54, 1.807) is 0 Å². The molecule has 4 rings (SSSR count). The largest absolute Gasteiger partial charge is 0.506 e. The van der Waals surface area contributed by atoms with Crippen molar-refractivity contribution in [3.05, 3.63) is 105 Å².